The number of hydrogen-bond donors (Lipinski definition) is 2. The molecule has 0 amide bonds. The molecule has 0 aliphatic heterocycles. The Morgan fingerprint density at radius 1 is 1.09 bits per heavy atom. The van der Waals surface area contributed by atoms with Gasteiger partial charge in [-0.25, -0.2) is 9.47 Å². The second-order valence-corrected chi connectivity index (χ2v) is 7.94. The van der Waals surface area contributed by atoms with Gasteiger partial charge in [0.25, 0.3) is 5.56 Å². The predicted molar refractivity (Wildman–Crippen MR) is 124 cm³/mol. The van der Waals surface area contributed by atoms with Gasteiger partial charge in [-0.3, -0.25) is 9.48 Å². The Kier molecular flexibility index (Phi) is 4.86. The third kappa shape index (κ3) is 3.19. The van der Waals surface area contributed by atoms with Crippen LogP contribution in [0.2, 0.25) is 0 Å². The number of H-pyrrole nitrogens is 1. The first-order chi connectivity index (χ1) is 15.6. The number of nitrogens with one attached hydrogen (secondary N) is 1. The molecule has 2 aromatic carbocycles. The third-order valence-electron chi connectivity index (χ3n) is 5.47. The maximum absolute atomic E-state index is 12.2. The van der Waals surface area contributed by atoms with E-state index in [0.717, 1.165) is 33.5 Å². The zero-order valence-electron chi connectivity index (χ0n) is 17.0. The van der Waals surface area contributed by atoms with Crippen LogP contribution in [-0.2, 0) is 13.6 Å². The summed E-state index contributed by atoms with van der Waals surface area (Å²) in [6, 6.07) is 13.6. The molecule has 8 nitrogen and oxygen atoms in total. The highest BCUT2D eigenvalue weighted by Gasteiger charge is 2.18. The normalized spacial score (nSPS) is 11.0. The maximum Gasteiger partial charge on any atom is 0.272 e. The standard InChI is InChI=1S/C23H17N7OS/c1-30-22(17-4-2-13(6-15(17)8-24)16-10-27-32-12-16)20(11-26-30)14-3-5-18-19(7-14)21(9-25)28-29-23(18)31/h2-7,10-12H,9,25H2,1H3,(H,29,31). The second kappa shape index (κ2) is 7.85. The lowest BCUT2D eigenvalue weighted by Gasteiger charge is -2.11. The maximum atomic E-state index is 12.2. The summed E-state index contributed by atoms with van der Waals surface area (Å²) in [5, 5.41) is 24.1. The number of rotatable bonds is 4. The summed E-state index contributed by atoms with van der Waals surface area (Å²) in [5.74, 6) is 0. The second-order valence-electron chi connectivity index (χ2n) is 7.28. The van der Waals surface area contributed by atoms with Crippen LogP contribution < -0.4 is 11.3 Å². The van der Waals surface area contributed by atoms with Crippen molar-refractivity contribution in [3.05, 3.63) is 75.8 Å². The monoisotopic (exact) mass is 439 g/mol. The fourth-order valence-electron chi connectivity index (χ4n) is 3.88. The van der Waals surface area contributed by atoms with Crippen LogP contribution in [0.15, 0.2) is 59.0 Å². The number of aromatic nitrogens is 5. The van der Waals surface area contributed by atoms with Gasteiger partial charge in [-0.1, -0.05) is 18.2 Å². The van der Waals surface area contributed by atoms with Crippen LogP contribution >= 0.6 is 11.5 Å². The molecule has 156 valence electrons. The van der Waals surface area contributed by atoms with Gasteiger partial charge < -0.3 is 5.73 Å². The summed E-state index contributed by atoms with van der Waals surface area (Å²) in [4.78, 5) is 12.2. The molecule has 0 unspecified atom stereocenters. The highest BCUT2D eigenvalue weighted by Crippen LogP contribution is 2.36. The molecule has 0 bridgehead atoms. The minimum absolute atomic E-state index is 0.202. The number of nitriles is 1. The fourth-order valence-corrected chi connectivity index (χ4v) is 4.43. The lowest BCUT2D eigenvalue weighted by Crippen LogP contribution is -2.13. The van der Waals surface area contributed by atoms with Crippen molar-refractivity contribution in [1.82, 2.24) is 24.4 Å². The Labute approximate surface area is 186 Å². The molecule has 0 saturated heterocycles. The van der Waals surface area contributed by atoms with E-state index >= 15 is 0 Å². The van der Waals surface area contributed by atoms with Gasteiger partial charge in [0.05, 0.1) is 34.6 Å². The van der Waals surface area contributed by atoms with E-state index in [9.17, 15) is 10.1 Å². The first kappa shape index (κ1) is 19.8. The van der Waals surface area contributed by atoms with E-state index < -0.39 is 0 Å². The van der Waals surface area contributed by atoms with E-state index in [2.05, 4.69) is 25.7 Å². The largest absolute Gasteiger partial charge is 0.325 e. The van der Waals surface area contributed by atoms with Gasteiger partial charge in [0.15, 0.2) is 0 Å². The lowest BCUT2D eigenvalue weighted by atomic mass is 9.94. The summed E-state index contributed by atoms with van der Waals surface area (Å²) >= 11 is 1.37. The zero-order valence-corrected chi connectivity index (χ0v) is 17.8. The van der Waals surface area contributed by atoms with Crippen molar-refractivity contribution < 1.29 is 0 Å². The molecule has 0 atom stereocenters. The van der Waals surface area contributed by atoms with Crippen LogP contribution in [-0.4, -0.2) is 24.4 Å². The smallest absolute Gasteiger partial charge is 0.272 e. The van der Waals surface area contributed by atoms with Gasteiger partial charge in [-0.2, -0.15) is 15.5 Å². The van der Waals surface area contributed by atoms with Crippen LogP contribution in [0.4, 0.5) is 0 Å². The molecule has 32 heavy (non-hydrogen) atoms. The molecule has 5 rings (SSSR count). The van der Waals surface area contributed by atoms with Crippen molar-refractivity contribution in [2.75, 3.05) is 0 Å². The SMILES string of the molecule is Cn1ncc(-c2ccc3c(=O)[nH]nc(CN)c3c2)c1-c1ccc(-c2cnsc2)cc1C#N. The first-order valence-electron chi connectivity index (χ1n) is 9.78. The average Bonchev–Trinajstić information content (AvgIpc) is 3.49. The summed E-state index contributed by atoms with van der Waals surface area (Å²) in [5.41, 5.74) is 11.9. The zero-order chi connectivity index (χ0) is 22.2. The highest BCUT2D eigenvalue weighted by atomic mass is 32.1. The van der Waals surface area contributed by atoms with E-state index in [4.69, 9.17) is 5.73 Å². The van der Waals surface area contributed by atoms with Gasteiger partial charge in [0, 0.05) is 47.2 Å². The van der Waals surface area contributed by atoms with Gasteiger partial charge >= 0.3 is 0 Å². The predicted octanol–water partition coefficient (Wildman–Crippen LogP) is 3.44. The van der Waals surface area contributed by atoms with E-state index in [1.165, 1.54) is 11.5 Å². The molecule has 0 radical (unpaired) electrons. The molecule has 0 saturated carbocycles. The topological polar surface area (TPSA) is 126 Å². The van der Waals surface area contributed by atoms with Gasteiger partial charge in [0.1, 0.15) is 0 Å². The summed E-state index contributed by atoms with van der Waals surface area (Å²) in [6.07, 6.45) is 3.55. The summed E-state index contributed by atoms with van der Waals surface area (Å²) in [6.45, 7) is 0.202. The van der Waals surface area contributed by atoms with Crippen molar-refractivity contribution >= 4 is 22.3 Å². The summed E-state index contributed by atoms with van der Waals surface area (Å²) < 4.78 is 5.90. The van der Waals surface area contributed by atoms with Gasteiger partial charge in [-0.15, -0.1) is 0 Å². The number of hydrogen-bond acceptors (Lipinski definition) is 7. The molecule has 5 aromatic rings. The molecule has 0 spiro atoms. The molecule has 9 heteroatoms. The van der Waals surface area contributed by atoms with Gasteiger partial charge in [-0.05, 0) is 40.9 Å². The van der Waals surface area contributed by atoms with Crippen molar-refractivity contribution in [2.24, 2.45) is 12.8 Å². The Morgan fingerprint density at radius 3 is 2.69 bits per heavy atom. The van der Waals surface area contributed by atoms with E-state index in [0.29, 0.717) is 22.0 Å². The Morgan fingerprint density at radius 2 is 1.94 bits per heavy atom. The van der Waals surface area contributed by atoms with E-state index in [-0.39, 0.29) is 12.1 Å². The number of aromatic amines is 1. The molecule has 0 fully saturated rings. The van der Waals surface area contributed by atoms with Crippen LogP contribution in [0.25, 0.3) is 44.3 Å². The molecule has 3 N–H and O–H groups in total. The first-order valence-corrected chi connectivity index (χ1v) is 10.6. The van der Waals surface area contributed by atoms with Crippen LogP contribution in [0.3, 0.4) is 0 Å². The Bertz CT molecular complexity index is 1560. The minimum atomic E-state index is -0.263. The van der Waals surface area contributed by atoms with Crippen molar-refractivity contribution in [3.63, 3.8) is 0 Å². The number of aryl methyl sites for hydroxylation is 1. The van der Waals surface area contributed by atoms with Gasteiger partial charge in [0.2, 0.25) is 0 Å². The van der Waals surface area contributed by atoms with Crippen molar-refractivity contribution in [2.45, 2.75) is 6.54 Å². The van der Waals surface area contributed by atoms with Crippen molar-refractivity contribution in [3.8, 4) is 39.6 Å². The molecule has 3 aromatic heterocycles. The fraction of sp³-hybridized carbons (Fsp3) is 0.0870. The van der Waals surface area contributed by atoms with Crippen LogP contribution in [0.1, 0.15) is 11.3 Å². The third-order valence-corrected chi connectivity index (χ3v) is 6.06. The molecular weight excluding hydrogens is 422 g/mol. The number of nitrogens with two attached hydrogens (primary N) is 1. The molecule has 0 aliphatic carbocycles. The molecule has 3 heterocycles. The van der Waals surface area contributed by atoms with Crippen molar-refractivity contribution in [1.29, 1.82) is 5.26 Å². The minimum Gasteiger partial charge on any atom is -0.325 e. The Balaban J connectivity index is 1.70. The van der Waals surface area contributed by atoms with Crippen LogP contribution in [0.5, 0.6) is 0 Å². The number of benzene rings is 2. The lowest BCUT2D eigenvalue weighted by molar-refractivity contribution is 0.776. The van der Waals surface area contributed by atoms with E-state index in [1.54, 1.807) is 23.1 Å². The molecule has 0 aliphatic rings. The summed E-state index contributed by atoms with van der Waals surface area (Å²) in [7, 11) is 1.84. The van der Waals surface area contributed by atoms with E-state index in [1.807, 2.05) is 42.8 Å². The quantitative estimate of drug-likeness (QED) is 0.442. The molecular formula is C23H17N7OS. The average molecular weight is 440 g/mol. The number of nitrogens with zero attached hydrogens (tertiary/aromatic N) is 5. The highest BCUT2D eigenvalue weighted by molar-refractivity contribution is 7.03. The van der Waals surface area contributed by atoms with Crippen LogP contribution in [0, 0.1) is 11.3 Å². The Hall–Kier alpha value is -4.13. The number of fused-ring (bicyclic) bond motifs is 1.